The van der Waals surface area contributed by atoms with Crippen LogP contribution in [0.5, 0.6) is 0 Å². The third-order valence-corrected chi connectivity index (χ3v) is 3.89. The number of hydrogen-bond donors (Lipinski definition) is 2. The first-order valence-electron chi connectivity index (χ1n) is 4.96. The van der Waals surface area contributed by atoms with E-state index in [1.54, 1.807) is 12.3 Å². The summed E-state index contributed by atoms with van der Waals surface area (Å²) in [6.45, 7) is 1.91. The monoisotopic (exact) mass is 288 g/mol. The number of halogens is 2. The highest BCUT2D eigenvalue weighted by molar-refractivity contribution is 7.16. The fraction of sp³-hybridized carbons (Fsp3) is 0.182. The zero-order valence-electron chi connectivity index (χ0n) is 8.96. The Hall–Kier alpha value is -0.970. The Morgan fingerprint density at radius 2 is 2.24 bits per heavy atom. The zero-order valence-corrected chi connectivity index (χ0v) is 11.3. The fourth-order valence-electron chi connectivity index (χ4n) is 1.41. The number of hydrogen-bond acceptors (Lipinski definition) is 2. The number of carbonyl (C=O) groups excluding carboxylic acids is 1. The van der Waals surface area contributed by atoms with Crippen LogP contribution in [0.1, 0.15) is 28.3 Å². The topological polar surface area (TPSA) is 44.9 Å². The Balaban J connectivity index is 2.04. The van der Waals surface area contributed by atoms with Gasteiger partial charge < -0.3 is 10.3 Å². The van der Waals surface area contributed by atoms with Gasteiger partial charge in [-0.05, 0) is 25.1 Å². The molecule has 2 aromatic rings. The molecule has 2 aromatic heterocycles. The molecule has 0 bridgehead atoms. The average Bonchev–Trinajstić information content (AvgIpc) is 2.87. The minimum Gasteiger partial charge on any atom is -0.356 e. The number of aromatic nitrogens is 1. The maximum absolute atomic E-state index is 11.8. The van der Waals surface area contributed by atoms with Crippen LogP contribution in [-0.2, 0) is 0 Å². The van der Waals surface area contributed by atoms with Crippen LogP contribution in [0, 0.1) is 0 Å². The molecule has 0 aliphatic heterocycles. The second-order valence-electron chi connectivity index (χ2n) is 3.57. The number of amides is 1. The van der Waals surface area contributed by atoms with Gasteiger partial charge in [0, 0.05) is 11.1 Å². The van der Waals surface area contributed by atoms with Crippen LogP contribution in [0.4, 0.5) is 0 Å². The first-order valence-corrected chi connectivity index (χ1v) is 6.53. The van der Waals surface area contributed by atoms with E-state index in [-0.39, 0.29) is 11.9 Å². The molecule has 0 fully saturated rings. The van der Waals surface area contributed by atoms with Crippen molar-refractivity contribution in [3.8, 4) is 0 Å². The summed E-state index contributed by atoms with van der Waals surface area (Å²) in [5.74, 6) is -0.186. The summed E-state index contributed by atoms with van der Waals surface area (Å²) >= 11 is 13.0. The summed E-state index contributed by atoms with van der Waals surface area (Å²) < 4.78 is 0.712. The van der Waals surface area contributed by atoms with Gasteiger partial charge in [-0.1, -0.05) is 23.2 Å². The van der Waals surface area contributed by atoms with Gasteiger partial charge in [-0.2, -0.15) is 0 Å². The predicted molar refractivity (Wildman–Crippen MR) is 71.0 cm³/mol. The average molecular weight is 289 g/mol. The Bertz CT molecular complexity index is 535. The van der Waals surface area contributed by atoms with Crippen molar-refractivity contribution in [1.29, 1.82) is 0 Å². The van der Waals surface area contributed by atoms with Gasteiger partial charge in [-0.25, -0.2) is 0 Å². The van der Waals surface area contributed by atoms with E-state index in [0.29, 0.717) is 15.1 Å². The third-order valence-electron chi connectivity index (χ3n) is 2.26. The van der Waals surface area contributed by atoms with E-state index in [2.05, 4.69) is 10.3 Å². The summed E-state index contributed by atoms with van der Waals surface area (Å²) in [7, 11) is 0. The molecule has 0 radical (unpaired) electrons. The molecule has 2 N–H and O–H groups in total. The van der Waals surface area contributed by atoms with Crippen molar-refractivity contribution in [2.24, 2.45) is 0 Å². The first-order chi connectivity index (χ1) is 8.06. The molecule has 0 aliphatic carbocycles. The van der Waals surface area contributed by atoms with E-state index >= 15 is 0 Å². The fourth-order valence-corrected chi connectivity index (χ4v) is 2.63. The molecule has 1 amide bonds. The maximum Gasteiger partial charge on any atom is 0.268 e. The predicted octanol–water partition coefficient (Wildman–Crippen LogP) is 3.87. The highest BCUT2D eigenvalue weighted by atomic mass is 35.5. The maximum atomic E-state index is 11.8. The molecule has 1 atom stereocenters. The van der Waals surface area contributed by atoms with Crippen LogP contribution in [0.2, 0.25) is 9.36 Å². The summed E-state index contributed by atoms with van der Waals surface area (Å²) in [6, 6.07) is 5.22. The Morgan fingerprint density at radius 1 is 1.47 bits per heavy atom. The Kier molecular flexibility index (Phi) is 3.76. The molecular formula is C11H10Cl2N2OS. The van der Waals surface area contributed by atoms with Crippen molar-refractivity contribution in [3.05, 3.63) is 44.3 Å². The molecule has 0 aromatic carbocycles. The summed E-state index contributed by atoms with van der Waals surface area (Å²) in [5.41, 5.74) is 0.449. The summed E-state index contributed by atoms with van der Waals surface area (Å²) in [5, 5.41) is 3.38. The second-order valence-corrected chi connectivity index (χ2v) is 5.75. The van der Waals surface area contributed by atoms with Crippen LogP contribution in [0.3, 0.4) is 0 Å². The molecule has 17 heavy (non-hydrogen) atoms. The lowest BCUT2D eigenvalue weighted by atomic mass is 10.2. The van der Waals surface area contributed by atoms with E-state index < -0.39 is 0 Å². The van der Waals surface area contributed by atoms with Gasteiger partial charge in [0.25, 0.3) is 5.91 Å². The van der Waals surface area contributed by atoms with Crippen LogP contribution in [-0.4, -0.2) is 10.9 Å². The normalized spacial score (nSPS) is 12.4. The number of aromatic amines is 1. The minimum absolute atomic E-state index is 0.0814. The number of rotatable bonds is 3. The molecule has 0 aliphatic rings. The van der Waals surface area contributed by atoms with Crippen molar-refractivity contribution in [2.75, 3.05) is 0 Å². The van der Waals surface area contributed by atoms with Crippen molar-refractivity contribution in [1.82, 2.24) is 10.3 Å². The quantitative estimate of drug-likeness (QED) is 0.885. The van der Waals surface area contributed by atoms with Crippen molar-refractivity contribution in [2.45, 2.75) is 13.0 Å². The molecule has 0 saturated carbocycles. The van der Waals surface area contributed by atoms with Crippen LogP contribution < -0.4 is 5.32 Å². The summed E-state index contributed by atoms with van der Waals surface area (Å²) in [6.07, 6.45) is 1.57. The molecule has 0 spiro atoms. The highest BCUT2D eigenvalue weighted by Gasteiger charge is 2.14. The van der Waals surface area contributed by atoms with Crippen molar-refractivity contribution >= 4 is 40.4 Å². The smallest absolute Gasteiger partial charge is 0.268 e. The molecule has 2 heterocycles. The molecule has 6 heteroatoms. The standard InChI is InChI=1S/C11H10Cl2N2OS/c1-6(9-2-3-10(13)17-9)15-11(16)8-4-7(12)5-14-8/h2-6,14H,1H3,(H,15,16)/t6-/m0/s1. The van der Waals surface area contributed by atoms with E-state index in [1.807, 2.05) is 19.1 Å². The molecule has 90 valence electrons. The van der Waals surface area contributed by atoms with Gasteiger partial charge in [0.05, 0.1) is 15.4 Å². The van der Waals surface area contributed by atoms with Gasteiger partial charge in [0.1, 0.15) is 5.69 Å². The van der Waals surface area contributed by atoms with Gasteiger partial charge in [0.15, 0.2) is 0 Å². The van der Waals surface area contributed by atoms with E-state index in [9.17, 15) is 4.79 Å². The second kappa shape index (κ2) is 5.12. The molecule has 0 saturated heterocycles. The SMILES string of the molecule is C[C@H](NC(=O)c1cc(Cl)c[nH]1)c1ccc(Cl)s1. The molecule has 3 nitrogen and oxygen atoms in total. The van der Waals surface area contributed by atoms with Gasteiger partial charge >= 0.3 is 0 Å². The largest absolute Gasteiger partial charge is 0.356 e. The van der Waals surface area contributed by atoms with E-state index in [4.69, 9.17) is 23.2 Å². The lowest BCUT2D eigenvalue weighted by molar-refractivity contribution is 0.0936. The van der Waals surface area contributed by atoms with E-state index in [1.165, 1.54) is 11.3 Å². The summed E-state index contributed by atoms with van der Waals surface area (Å²) in [4.78, 5) is 15.6. The zero-order chi connectivity index (χ0) is 12.4. The van der Waals surface area contributed by atoms with Crippen LogP contribution >= 0.6 is 34.5 Å². The van der Waals surface area contributed by atoms with E-state index in [0.717, 1.165) is 4.88 Å². The number of carbonyl (C=O) groups is 1. The van der Waals surface area contributed by atoms with Crippen LogP contribution in [0.15, 0.2) is 24.4 Å². The lowest BCUT2D eigenvalue weighted by Gasteiger charge is -2.10. The Morgan fingerprint density at radius 3 is 2.76 bits per heavy atom. The molecule has 0 unspecified atom stereocenters. The van der Waals surface area contributed by atoms with Gasteiger partial charge in [-0.15, -0.1) is 11.3 Å². The number of nitrogens with one attached hydrogen (secondary N) is 2. The van der Waals surface area contributed by atoms with Crippen molar-refractivity contribution < 1.29 is 4.79 Å². The molecule has 2 rings (SSSR count). The third kappa shape index (κ3) is 3.03. The highest BCUT2D eigenvalue weighted by Crippen LogP contribution is 2.26. The lowest BCUT2D eigenvalue weighted by Crippen LogP contribution is -2.26. The number of thiophene rings is 1. The van der Waals surface area contributed by atoms with Gasteiger partial charge in [-0.3, -0.25) is 4.79 Å². The van der Waals surface area contributed by atoms with Crippen molar-refractivity contribution in [3.63, 3.8) is 0 Å². The number of H-pyrrole nitrogens is 1. The minimum atomic E-state index is -0.186. The Labute approximate surface area is 113 Å². The molecular weight excluding hydrogens is 279 g/mol. The van der Waals surface area contributed by atoms with Crippen LogP contribution in [0.25, 0.3) is 0 Å². The first kappa shape index (κ1) is 12.5. The van der Waals surface area contributed by atoms with Gasteiger partial charge in [0.2, 0.25) is 0 Å².